The minimum Gasteiger partial charge on any atom is -0.235 e. The third-order valence-electron chi connectivity index (χ3n) is 3.45. The van der Waals surface area contributed by atoms with Crippen molar-refractivity contribution in [2.75, 3.05) is 0 Å². The van der Waals surface area contributed by atoms with Crippen LogP contribution in [0.3, 0.4) is 0 Å². The minimum absolute atomic E-state index is 0.248. The Balaban J connectivity index is 3.55. The molecule has 1 atom stereocenters. The predicted molar refractivity (Wildman–Crippen MR) is 66.1 cm³/mol. The second kappa shape index (κ2) is 6.80. The molecule has 0 fully saturated rings. The van der Waals surface area contributed by atoms with E-state index in [0.717, 1.165) is 6.07 Å². The molecule has 0 heterocycles. The molecule has 0 N–H and O–H groups in total. The molecule has 0 aliphatic rings. The van der Waals surface area contributed by atoms with E-state index >= 15 is 0 Å². The van der Waals surface area contributed by atoms with Gasteiger partial charge in [0.2, 0.25) is 0 Å². The lowest BCUT2D eigenvalue weighted by molar-refractivity contribution is -0.443. The van der Waals surface area contributed by atoms with E-state index in [1.807, 2.05) is 0 Å². The third kappa shape index (κ3) is 3.26. The molecule has 0 radical (unpaired) electrons. The van der Waals surface area contributed by atoms with Gasteiger partial charge in [-0.3, -0.25) is 0 Å². The Morgan fingerprint density at radius 3 is 1.39 bits per heavy atom. The number of hydrogen-bond acceptors (Lipinski definition) is 0. The molecular formula is C13H5ClF14. The van der Waals surface area contributed by atoms with Gasteiger partial charge in [0.1, 0.15) is 0 Å². The fraction of sp³-hybridized carbons (Fsp3) is 0.538. The first kappa shape index (κ1) is 24.6. The first-order valence-corrected chi connectivity index (χ1v) is 6.90. The van der Waals surface area contributed by atoms with Gasteiger partial charge in [-0.15, -0.1) is 0 Å². The highest BCUT2D eigenvalue weighted by Crippen LogP contribution is 2.62. The molecule has 0 aliphatic carbocycles. The standard InChI is InChI=1S/C13H5ClF14/c14-6-4-2-1-3-5(6)7(15)8(16,17)9(18,19)10(20,21)11(22,23)12(24,25)13(26,27)28/h1-4,7H. The van der Waals surface area contributed by atoms with Crippen molar-refractivity contribution in [1.82, 2.24) is 0 Å². The zero-order valence-corrected chi connectivity index (χ0v) is 13.3. The molecule has 0 saturated carbocycles. The maximum atomic E-state index is 13.8. The van der Waals surface area contributed by atoms with Crippen LogP contribution < -0.4 is 0 Å². The summed E-state index contributed by atoms with van der Waals surface area (Å²) in [7, 11) is 0. The Hall–Kier alpha value is -1.47. The van der Waals surface area contributed by atoms with Crippen molar-refractivity contribution in [3.05, 3.63) is 34.9 Å². The lowest BCUT2D eigenvalue weighted by Gasteiger charge is -2.40. The molecule has 0 spiro atoms. The fourth-order valence-electron chi connectivity index (χ4n) is 1.82. The van der Waals surface area contributed by atoms with Crippen LogP contribution >= 0.6 is 11.6 Å². The van der Waals surface area contributed by atoms with E-state index in [2.05, 4.69) is 0 Å². The van der Waals surface area contributed by atoms with Gasteiger partial charge < -0.3 is 0 Å². The van der Waals surface area contributed by atoms with Crippen LogP contribution in [0.4, 0.5) is 61.5 Å². The van der Waals surface area contributed by atoms with Crippen LogP contribution in [0.1, 0.15) is 11.7 Å². The van der Waals surface area contributed by atoms with Crippen molar-refractivity contribution in [2.24, 2.45) is 0 Å². The predicted octanol–water partition coefficient (Wildman–Crippen LogP) is 7.09. The van der Waals surface area contributed by atoms with Crippen LogP contribution in [0.25, 0.3) is 0 Å². The van der Waals surface area contributed by atoms with Crippen molar-refractivity contribution in [2.45, 2.75) is 42.0 Å². The molecule has 15 heteroatoms. The van der Waals surface area contributed by atoms with Gasteiger partial charge in [0.15, 0.2) is 6.17 Å². The Labute approximate surface area is 151 Å². The Morgan fingerprint density at radius 1 is 0.607 bits per heavy atom. The fourth-order valence-corrected chi connectivity index (χ4v) is 2.05. The van der Waals surface area contributed by atoms with Gasteiger partial charge in [0.05, 0.1) is 0 Å². The third-order valence-corrected chi connectivity index (χ3v) is 3.80. The van der Waals surface area contributed by atoms with Crippen LogP contribution in [0.2, 0.25) is 5.02 Å². The topological polar surface area (TPSA) is 0 Å². The Kier molecular flexibility index (Phi) is 5.97. The summed E-state index contributed by atoms with van der Waals surface area (Å²) < 4.78 is 182. The van der Waals surface area contributed by atoms with Crippen molar-refractivity contribution in [3.8, 4) is 0 Å². The van der Waals surface area contributed by atoms with Gasteiger partial charge in [0, 0.05) is 10.6 Å². The van der Waals surface area contributed by atoms with Gasteiger partial charge >= 0.3 is 35.8 Å². The van der Waals surface area contributed by atoms with E-state index in [-0.39, 0.29) is 6.07 Å². The second-order valence-corrected chi connectivity index (χ2v) is 5.71. The molecular weight excluding hydrogens is 458 g/mol. The lowest BCUT2D eigenvalue weighted by Crippen LogP contribution is -2.70. The largest absolute Gasteiger partial charge is 0.460 e. The van der Waals surface area contributed by atoms with E-state index in [4.69, 9.17) is 11.6 Å². The maximum absolute atomic E-state index is 13.8. The van der Waals surface area contributed by atoms with Crippen molar-refractivity contribution < 1.29 is 61.5 Å². The minimum atomic E-state index is -8.08. The van der Waals surface area contributed by atoms with E-state index in [9.17, 15) is 61.5 Å². The van der Waals surface area contributed by atoms with Crippen LogP contribution in [0.5, 0.6) is 0 Å². The van der Waals surface area contributed by atoms with E-state index in [0.29, 0.717) is 12.1 Å². The van der Waals surface area contributed by atoms with Crippen molar-refractivity contribution in [1.29, 1.82) is 0 Å². The molecule has 1 unspecified atom stereocenters. The maximum Gasteiger partial charge on any atom is 0.460 e. The average molecular weight is 463 g/mol. The monoisotopic (exact) mass is 462 g/mol. The SMILES string of the molecule is FC(c1ccccc1Cl)C(F)(F)C(F)(F)C(F)(F)C(F)(F)C(F)(F)C(F)(F)F. The van der Waals surface area contributed by atoms with Crippen LogP contribution in [0.15, 0.2) is 24.3 Å². The quantitative estimate of drug-likeness (QED) is 0.396. The summed E-state index contributed by atoms with van der Waals surface area (Å²) in [4.78, 5) is 0. The number of rotatable bonds is 6. The first-order chi connectivity index (χ1) is 12.2. The van der Waals surface area contributed by atoms with Gasteiger partial charge in [-0.25, -0.2) is 4.39 Å². The molecule has 1 aromatic carbocycles. The van der Waals surface area contributed by atoms with E-state index in [1.54, 1.807) is 0 Å². The smallest absolute Gasteiger partial charge is 0.235 e. The lowest BCUT2D eigenvalue weighted by atomic mass is 9.90. The van der Waals surface area contributed by atoms with E-state index < -0.39 is 52.5 Å². The summed E-state index contributed by atoms with van der Waals surface area (Å²) >= 11 is 5.19. The Bertz CT molecular complexity index is 707. The van der Waals surface area contributed by atoms with Gasteiger partial charge in [-0.2, -0.15) is 57.1 Å². The van der Waals surface area contributed by atoms with Gasteiger partial charge in [-0.1, -0.05) is 29.8 Å². The summed E-state index contributed by atoms with van der Waals surface area (Å²) in [6, 6.07) is 2.47. The summed E-state index contributed by atoms with van der Waals surface area (Å²) in [5.74, 6) is -38.6. The second-order valence-electron chi connectivity index (χ2n) is 5.30. The molecule has 0 aliphatic heterocycles. The zero-order chi connectivity index (χ0) is 22.6. The highest BCUT2D eigenvalue weighted by molar-refractivity contribution is 6.31. The zero-order valence-electron chi connectivity index (χ0n) is 12.6. The molecule has 162 valence electrons. The van der Waals surface area contributed by atoms with Crippen molar-refractivity contribution >= 4 is 11.6 Å². The number of benzene rings is 1. The van der Waals surface area contributed by atoms with Crippen LogP contribution in [-0.2, 0) is 0 Å². The number of halogens is 15. The van der Waals surface area contributed by atoms with E-state index in [1.165, 1.54) is 0 Å². The van der Waals surface area contributed by atoms with Crippen LogP contribution in [-0.4, -0.2) is 35.8 Å². The van der Waals surface area contributed by atoms with Crippen molar-refractivity contribution in [3.63, 3.8) is 0 Å². The van der Waals surface area contributed by atoms with Gasteiger partial charge in [-0.05, 0) is 6.07 Å². The molecule has 28 heavy (non-hydrogen) atoms. The molecule has 0 saturated heterocycles. The first-order valence-electron chi connectivity index (χ1n) is 6.52. The van der Waals surface area contributed by atoms with Crippen LogP contribution in [0, 0.1) is 0 Å². The molecule has 0 bridgehead atoms. The summed E-state index contributed by atoms with van der Waals surface area (Å²) in [6.07, 6.45) is -12.1. The van der Waals surface area contributed by atoms with Gasteiger partial charge in [0.25, 0.3) is 0 Å². The molecule has 0 aromatic heterocycles. The number of hydrogen-bond donors (Lipinski definition) is 0. The summed E-state index contributed by atoms with van der Waals surface area (Å²) in [6.45, 7) is 0. The summed E-state index contributed by atoms with van der Waals surface area (Å²) in [5.41, 5.74) is -1.63. The number of alkyl halides is 14. The summed E-state index contributed by atoms with van der Waals surface area (Å²) in [5, 5.41) is -1.07. The molecule has 1 rings (SSSR count). The molecule has 0 amide bonds. The molecule has 1 aromatic rings. The highest BCUT2D eigenvalue weighted by Gasteiger charge is 2.91. The average Bonchev–Trinajstić information content (AvgIpc) is 2.52. The normalized spacial score (nSPS) is 16.2. The Morgan fingerprint density at radius 2 is 1.00 bits per heavy atom. The highest BCUT2D eigenvalue weighted by atomic mass is 35.5. The molecule has 0 nitrogen and oxygen atoms in total.